The number of anilines is 1. The highest BCUT2D eigenvalue weighted by Crippen LogP contribution is 2.26. The van der Waals surface area contributed by atoms with Crippen molar-refractivity contribution in [3.05, 3.63) is 24.3 Å². The zero-order chi connectivity index (χ0) is 10.6. The molecule has 0 aromatic heterocycles. The van der Waals surface area contributed by atoms with Gasteiger partial charge in [0.1, 0.15) is 5.75 Å². The van der Waals surface area contributed by atoms with Gasteiger partial charge in [0.05, 0.1) is 12.8 Å². The van der Waals surface area contributed by atoms with Gasteiger partial charge in [-0.25, -0.2) is 0 Å². The van der Waals surface area contributed by atoms with Gasteiger partial charge in [0, 0.05) is 19.6 Å². The molecule has 0 saturated heterocycles. The average Bonchev–Trinajstić information content (AvgIpc) is 2.16. The summed E-state index contributed by atoms with van der Waals surface area (Å²) >= 11 is 0. The highest BCUT2D eigenvalue weighted by atomic mass is 16.5. The molecule has 0 aliphatic carbocycles. The monoisotopic (exact) mass is 194 g/mol. The van der Waals surface area contributed by atoms with E-state index in [1.54, 1.807) is 7.11 Å². The van der Waals surface area contributed by atoms with Crippen molar-refractivity contribution in [3.8, 4) is 5.75 Å². The molecule has 0 bridgehead atoms. The number of nitrogens with zero attached hydrogens (tertiary/aromatic N) is 1. The molecule has 1 aromatic rings. The second-order valence-electron chi connectivity index (χ2n) is 3.53. The van der Waals surface area contributed by atoms with Crippen molar-refractivity contribution in [2.24, 2.45) is 5.73 Å². The average molecular weight is 194 g/mol. The number of benzene rings is 1. The van der Waals surface area contributed by atoms with Crippen molar-refractivity contribution < 1.29 is 4.74 Å². The highest BCUT2D eigenvalue weighted by Gasteiger charge is 2.07. The number of hydrogen-bond acceptors (Lipinski definition) is 3. The third-order valence-electron chi connectivity index (χ3n) is 2.06. The quantitative estimate of drug-likeness (QED) is 0.789. The van der Waals surface area contributed by atoms with Gasteiger partial charge in [-0.05, 0) is 19.1 Å². The molecular weight excluding hydrogens is 176 g/mol. The van der Waals surface area contributed by atoms with Gasteiger partial charge in [0.2, 0.25) is 0 Å². The summed E-state index contributed by atoms with van der Waals surface area (Å²) in [6.07, 6.45) is 0. The molecule has 14 heavy (non-hydrogen) atoms. The molecule has 0 saturated carbocycles. The second-order valence-corrected chi connectivity index (χ2v) is 3.53. The molecular formula is C11H18N2O. The van der Waals surface area contributed by atoms with Gasteiger partial charge in [-0.2, -0.15) is 0 Å². The molecule has 0 fully saturated rings. The van der Waals surface area contributed by atoms with Gasteiger partial charge in [0.15, 0.2) is 0 Å². The van der Waals surface area contributed by atoms with E-state index in [4.69, 9.17) is 10.5 Å². The fourth-order valence-corrected chi connectivity index (χ4v) is 1.48. The smallest absolute Gasteiger partial charge is 0.142 e. The molecule has 0 aliphatic heterocycles. The lowest BCUT2D eigenvalue weighted by Crippen LogP contribution is -2.32. The Morgan fingerprint density at radius 2 is 2.07 bits per heavy atom. The molecule has 1 atom stereocenters. The van der Waals surface area contributed by atoms with Crippen LogP contribution in [0.2, 0.25) is 0 Å². The van der Waals surface area contributed by atoms with Crippen LogP contribution in [0.4, 0.5) is 5.69 Å². The maximum atomic E-state index is 5.74. The number of likely N-dealkylation sites (N-methyl/N-ethyl adjacent to an activating group) is 1. The van der Waals surface area contributed by atoms with Gasteiger partial charge >= 0.3 is 0 Å². The molecule has 0 unspecified atom stereocenters. The summed E-state index contributed by atoms with van der Waals surface area (Å²) in [5, 5.41) is 0. The maximum Gasteiger partial charge on any atom is 0.142 e. The molecule has 2 N–H and O–H groups in total. The van der Waals surface area contributed by atoms with Crippen molar-refractivity contribution in [2.75, 3.05) is 25.6 Å². The maximum absolute atomic E-state index is 5.74. The van der Waals surface area contributed by atoms with E-state index in [0.29, 0.717) is 0 Å². The van der Waals surface area contributed by atoms with Crippen LogP contribution in [-0.2, 0) is 0 Å². The minimum atomic E-state index is 0.157. The molecule has 0 amide bonds. The topological polar surface area (TPSA) is 38.5 Å². The zero-order valence-corrected chi connectivity index (χ0v) is 9.03. The Balaban J connectivity index is 2.82. The minimum absolute atomic E-state index is 0.157. The predicted molar refractivity (Wildman–Crippen MR) is 59.9 cm³/mol. The van der Waals surface area contributed by atoms with Gasteiger partial charge in [-0.15, -0.1) is 0 Å². The Morgan fingerprint density at radius 3 is 2.64 bits per heavy atom. The van der Waals surface area contributed by atoms with E-state index in [2.05, 4.69) is 4.90 Å². The minimum Gasteiger partial charge on any atom is -0.495 e. The number of para-hydroxylation sites is 2. The third kappa shape index (κ3) is 2.64. The lowest BCUT2D eigenvalue weighted by molar-refractivity contribution is 0.414. The fraction of sp³-hybridized carbons (Fsp3) is 0.455. The van der Waals surface area contributed by atoms with E-state index >= 15 is 0 Å². The fourth-order valence-electron chi connectivity index (χ4n) is 1.48. The summed E-state index contributed by atoms with van der Waals surface area (Å²) in [4.78, 5) is 2.10. The Morgan fingerprint density at radius 1 is 1.43 bits per heavy atom. The summed E-state index contributed by atoms with van der Waals surface area (Å²) in [5.41, 5.74) is 6.82. The zero-order valence-electron chi connectivity index (χ0n) is 9.03. The van der Waals surface area contributed by atoms with Crippen LogP contribution in [-0.4, -0.2) is 26.7 Å². The van der Waals surface area contributed by atoms with Gasteiger partial charge in [0.25, 0.3) is 0 Å². The highest BCUT2D eigenvalue weighted by molar-refractivity contribution is 5.57. The number of methoxy groups -OCH3 is 1. The van der Waals surface area contributed by atoms with Crippen LogP contribution >= 0.6 is 0 Å². The Kier molecular flexibility index (Phi) is 3.77. The second kappa shape index (κ2) is 4.86. The first-order valence-electron chi connectivity index (χ1n) is 4.75. The number of hydrogen-bond donors (Lipinski definition) is 1. The molecule has 0 heterocycles. The van der Waals surface area contributed by atoms with E-state index in [9.17, 15) is 0 Å². The Bertz CT molecular complexity index is 286. The molecule has 3 heteroatoms. The summed E-state index contributed by atoms with van der Waals surface area (Å²) in [6, 6.07) is 8.09. The van der Waals surface area contributed by atoms with E-state index in [0.717, 1.165) is 18.0 Å². The van der Waals surface area contributed by atoms with Gasteiger partial charge < -0.3 is 15.4 Å². The van der Waals surface area contributed by atoms with Gasteiger partial charge in [-0.3, -0.25) is 0 Å². The third-order valence-corrected chi connectivity index (χ3v) is 2.06. The summed E-state index contributed by atoms with van der Waals surface area (Å²) < 4.78 is 5.27. The Hall–Kier alpha value is -1.22. The number of rotatable bonds is 4. The molecule has 78 valence electrons. The molecule has 1 aromatic carbocycles. The van der Waals surface area contributed by atoms with E-state index in [1.165, 1.54) is 0 Å². The van der Waals surface area contributed by atoms with Crippen LogP contribution in [0.1, 0.15) is 6.92 Å². The van der Waals surface area contributed by atoms with Crippen molar-refractivity contribution in [1.29, 1.82) is 0 Å². The lowest BCUT2D eigenvalue weighted by atomic mass is 10.2. The standard InChI is InChI=1S/C11H18N2O/c1-9(12)8-13(2)10-6-4-5-7-11(10)14-3/h4-7,9H,8,12H2,1-3H3/t9-/m0/s1. The van der Waals surface area contributed by atoms with Crippen molar-refractivity contribution in [3.63, 3.8) is 0 Å². The largest absolute Gasteiger partial charge is 0.495 e. The normalized spacial score (nSPS) is 12.3. The lowest BCUT2D eigenvalue weighted by Gasteiger charge is -2.23. The van der Waals surface area contributed by atoms with Crippen LogP contribution in [0.3, 0.4) is 0 Å². The molecule has 0 aliphatic rings. The van der Waals surface area contributed by atoms with Crippen molar-refractivity contribution in [1.82, 2.24) is 0 Å². The summed E-state index contributed by atoms with van der Waals surface area (Å²) in [6.45, 7) is 2.81. The van der Waals surface area contributed by atoms with Gasteiger partial charge in [-0.1, -0.05) is 12.1 Å². The molecule has 1 rings (SSSR count). The van der Waals surface area contributed by atoms with Crippen LogP contribution in [0.15, 0.2) is 24.3 Å². The number of nitrogens with two attached hydrogens (primary N) is 1. The summed E-state index contributed by atoms with van der Waals surface area (Å²) in [5.74, 6) is 0.885. The van der Waals surface area contributed by atoms with Crippen LogP contribution in [0.25, 0.3) is 0 Å². The predicted octanol–water partition coefficient (Wildman–Crippen LogP) is 1.48. The first-order chi connectivity index (χ1) is 6.65. The van der Waals surface area contributed by atoms with E-state index in [-0.39, 0.29) is 6.04 Å². The molecule has 0 spiro atoms. The SMILES string of the molecule is COc1ccccc1N(C)C[C@H](C)N. The summed E-state index contributed by atoms with van der Waals surface area (Å²) in [7, 11) is 3.69. The van der Waals surface area contributed by atoms with Crippen LogP contribution in [0, 0.1) is 0 Å². The van der Waals surface area contributed by atoms with E-state index < -0.39 is 0 Å². The Labute approximate surface area is 85.5 Å². The van der Waals surface area contributed by atoms with Crippen LogP contribution < -0.4 is 15.4 Å². The molecule has 3 nitrogen and oxygen atoms in total. The van der Waals surface area contributed by atoms with Crippen molar-refractivity contribution in [2.45, 2.75) is 13.0 Å². The molecule has 0 radical (unpaired) electrons. The first-order valence-corrected chi connectivity index (χ1v) is 4.75. The van der Waals surface area contributed by atoms with Crippen LogP contribution in [0.5, 0.6) is 5.75 Å². The first kappa shape index (κ1) is 10.9. The van der Waals surface area contributed by atoms with Crippen molar-refractivity contribution >= 4 is 5.69 Å². The number of ether oxygens (including phenoxy) is 1. The van der Waals surface area contributed by atoms with E-state index in [1.807, 2.05) is 38.2 Å².